The maximum atomic E-state index is 11.2. The van der Waals surface area contributed by atoms with Gasteiger partial charge in [0.2, 0.25) is 5.78 Å². The first-order valence-electron chi connectivity index (χ1n) is 3.84. The average molecular weight is 250 g/mol. The van der Waals surface area contributed by atoms with Gasteiger partial charge < -0.3 is 0 Å². The molecule has 0 heterocycles. The molecule has 0 aliphatic carbocycles. The van der Waals surface area contributed by atoms with Gasteiger partial charge in [0, 0.05) is 0 Å². The van der Waals surface area contributed by atoms with Gasteiger partial charge in [-0.15, -0.1) is 0 Å². The first kappa shape index (κ1) is 11.6. The van der Waals surface area contributed by atoms with Gasteiger partial charge in [-0.05, 0) is 11.6 Å². The minimum Gasteiger partial charge on any atom is -0.290 e. The Hall–Kier alpha value is -0.500. The zero-order valence-corrected chi connectivity index (χ0v) is 9.35. The summed E-state index contributed by atoms with van der Waals surface area (Å²) >= 11 is 16.1. The Kier molecular flexibility index (Phi) is 3.99. The van der Waals surface area contributed by atoms with E-state index in [1.165, 1.54) is 6.08 Å². The molecular weight excluding hydrogens is 242 g/mol. The van der Waals surface area contributed by atoms with Crippen LogP contribution in [-0.4, -0.2) is 9.58 Å². The largest absolute Gasteiger partial charge is 0.290 e. The minimum atomic E-state index is -1.87. The number of carbonyl (C=O) groups excluding carboxylic acids is 1. The molecule has 0 aliphatic heterocycles. The van der Waals surface area contributed by atoms with Crippen molar-refractivity contribution in [3.05, 3.63) is 42.0 Å². The number of carbonyl (C=O) groups is 1. The summed E-state index contributed by atoms with van der Waals surface area (Å²) in [5.41, 5.74) is 0.884. The molecular formula is C10H7Cl3O. The lowest BCUT2D eigenvalue weighted by Crippen LogP contribution is -2.15. The van der Waals surface area contributed by atoms with Crippen LogP contribution in [0.2, 0.25) is 0 Å². The van der Waals surface area contributed by atoms with Gasteiger partial charge in [-0.1, -0.05) is 71.2 Å². The number of rotatable bonds is 2. The third-order valence-electron chi connectivity index (χ3n) is 1.51. The second-order valence-corrected chi connectivity index (χ2v) is 4.89. The van der Waals surface area contributed by atoms with Crippen LogP contribution >= 0.6 is 34.8 Å². The maximum Gasteiger partial charge on any atom is 0.252 e. The molecule has 0 atom stereocenters. The molecule has 4 heteroatoms. The molecule has 0 saturated heterocycles. The Morgan fingerprint density at radius 3 is 2.21 bits per heavy atom. The Balaban J connectivity index is 2.71. The highest BCUT2D eigenvalue weighted by atomic mass is 35.6. The molecule has 1 rings (SSSR count). The number of hydrogen-bond donors (Lipinski definition) is 0. The molecule has 1 aromatic rings. The Morgan fingerprint density at radius 1 is 1.14 bits per heavy atom. The summed E-state index contributed by atoms with van der Waals surface area (Å²) in [6.07, 6.45) is 2.85. The molecule has 14 heavy (non-hydrogen) atoms. The van der Waals surface area contributed by atoms with Gasteiger partial charge in [0.1, 0.15) is 0 Å². The van der Waals surface area contributed by atoms with E-state index >= 15 is 0 Å². The number of benzene rings is 1. The summed E-state index contributed by atoms with van der Waals surface area (Å²) in [4.78, 5) is 11.2. The molecule has 0 aromatic heterocycles. The Labute approximate surface area is 97.3 Å². The van der Waals surface area contributed by atoms with Crippen LogP contribution in [0.1, 0.15) is 5.56 Å². The molecule has 74 valence electrons. The van der Waals surface area contributed by atoms with Crippen molar-refractivity contribution in [1.82, 2.24) is 0 Å². The third-order valence-corrected chi connectivity index (χ3v) is 2.06. The number of halogens is 3. The normalized spacial score (nSPS) is 11.9. The summed E-state index contributed by atoms with van der Waals surface area (Å²) in [7, 11) is 0. The summed E-state index contributed by atoms with van der Waals surface area (Å²) in [5.74, 6) is -0.550. The van der Waals surface area contributed by atoms with Crippen molar-refractivity contribution in [1.29, 1.82) is 0 Å². The molecule has 0 saturated carbocycles. The lowest BCUT2D eigenvalue weighted by molar-refractivity contribution is -0.113. The van der Waals surface area contributed by atoms with Gasteiger partial charge in [0.15, 0.2) is 0 Å². The van der Waals surface area contributed by atoms with E-state index in [4.69, 9.17) is 34.8 Å². The van der Waals surface area contributed by atoms with E-state index in [0.29, 0.717) is 0 Å². The SMILES string of the molecule is O=C(/C=C/c1ccccc1)C(Cl)(Cl)Cl. The number of ketones is 1. The van der Waals surface area contributed by atoms with Gasteiger partial charge in [-0.2, -0.15) is 0 Å². The second-order valence-electron chi connectivity index (χ2n) is 2.61. The van der Waals surface area contributed by atoms with E-state index in [-0.39, 0.29) is 0 Å². The number of hydrogen-bond acceptors (Lipinski definition) is 1. The van der Waals surface area contributed by atoms with Gasteiger partial charge in [0.05, 0.1) is 0 Å². The number of alkyl halides is 3. The predicted molar refractivity (Wildman–Crippen MR) is 60.8 cm³/mol. The standard InChI is InChI=1S/C10H7Cl3O/c11-10(12,13)9(14)7-6-8-4-2-1-3-5-8/h1-7H/b7-6+. The molecule has 0 aliphatic rings. The highest BCUT2D eigenvalue weighted by Gasteiger charge is 2.27. The van der Waals surface area contributed by atoms with E-state index in [9.17, 15) is 4.79 Å². The average Bonchev–Trinajstić information content (AvgIpc) is 2.14. The predicted octanol–water partition coefficient (Wildman–Crippen LogP) is 3.64. The van der Waals surface area contributed by atoms with Gasteiger partial charge >= 0.3 is 0 Å². The van der Waals surface area contributed by atoms with Crippen molar-refractivity contribution in [3.63, 3.8) is 0 Å². The molecule has 0 radical (unpaired) electrons. The highest BCUT2D eigenvalue weighted by Crippen LogP contribution is 2.27. The zero-order valence-electron chi connectivity index (χ0n) is 7.08. The van der Waals surface area contributed by atoms with E-state index in [1.54, 1.807) is 6.08 Å². The van der Waals surface area contributed by atoms with Crippen LogP contribution in [0.5, 0.6) is 0 Å². The first-order valence-corrected chi connectivity index (χ1v) is 4.98. The molecule has 0 amide bonds. The summed E-state index contributed by atoms with van der Waals surface area (Å²) in [6.45, 7) is 0. The number of allylic oxidation sites excluding steroid dienone is 1. The van der Waals surface area contributed by atoms with Crippen LogP contribution in [0.3, 0.4) is 0 Å². The van der Waals surface area contributed by atoms with Crippen LogP contribution in [-0.2, 0) is 4.79 Å². The summed E-state index contributed by atoms with van der Waals surface area (Å²) in [6, 6.07) is 9.30. The molecule has 0 fully saturated rings. The molecule has 0 unspecified atom stereocenters. The quantitative estimate of drug-likeness (QED) is 0.578. The van der Waals surface area contributed by atoms with Crippen molar-refractivity contribution in [3.8, 4) is 0 Å². The Morgan fingerprint density at radius 2 is 1.71 bits per heavy atom. The van der Waals surface area contributed by atoms with Crippen LogP contribution in [0.25, 0.3) is 6.08 Å². The van der Waals surface area contributed by atoms with Gasteiger partial charge in [-0.25, -0.2) is 0 Å². The van der Waals surface area contributed by atoms with Crippen molar-refractivity contribution < 1.29 is 4.79 Å². The van der Waals surface area contributed by atoms with E-state index in [2.05, 4.69) is 0 Å². The summed E-state index contributed by atoms with van der Waals surface area (Å²) in [5, 5.41) is 0. The molecule has 0 spiro atoms. The van der Waals surface area contributed by atoms with Crippen LogP contribution < -0.4 is 0 Å². The smallest absolute Gasteiger partial charge is 0.252 e. The van der Waals surface area contributed by atoms with Gasteiger partial charge in [-0.3, -0.25) is 4.79 Å². The fraction of sp³-hybridized carbons (Fsp3) is 0.100. The molecule has 0 bridgehead atoms. The molecule has 0 N–H and O–H groups in total. The zero-order chi connectivity index (χ0) is 10.6. The van der Waals surface area contributed by atoms with Crippen LogP contribution in [0.15, 0.2) is 36.4 Å². The highest BCUT2D eigenvalue weighted by molar-refractivity contribution is 6.77. The van der Waals surface area contributed by atoms with Crippen molar-refractivity contribution >= 4 is 46.7 Å². The second kappa shape index (κ2) is 4.83. The Bertz CT molecular complexity index is 338. The van der Waals surface area contributed by atoms with E-state index in [1.807, 2.05) is 30.3 Å². The lowest BCUT2D eigenvalue weighted by atomic mass is 10.2. The fourth-order valence-corrected chi connectivity index (χ4v) is 1.02. The minimum absolute atomic E-state index is 0.550. The van der Waals surface area contributed by atoms with Crippen LogP contribution in [0.4, 0.5) is 0 Å². The van der Waals surface area contributed by atoms with Crippen LogP contribution in [0, 0.1) is 0 Å². The van der Waals surface area contributed by atoms with Crippen molar-refractivity contribution in [2.24, 2.45) is 0 Å². The summed E-state index contributed by atoms with van der Waals surface area (Å²) < 4.78 is -1.87. The fourth-order valence-electron chi connectivity index (χ4n) is 0.831. The third kappa shape index (κ3) is 3.70. The first-order chi connectivity index (χ1) is 6.50. The van der Waals surface area contributed by atoms with Gasteiger partial charge in [0.25, 0.3) is 3.79 Å². The van der Waals surface area contributed by atoms with E-state index < -0.39 is 9.58 Å². The maximum absolute atomic E-state index is 11.2. The lowest BCUT2D eigenvalue weighted by Gasteiger charge is -2.04. The molecule has 1 nitrogen and oxygen atoms in total. The topological polar surface area (TPSA) is 17.1 Å². The monoisotopic (exact) mass is 248 g/mol. The van der Waals surface area contributed by atoms with E-state index in [0.717, 1.165) is 5.56 Å². The van der Waals surface area contributed by atoms with Crippen molar-refractivity contribution in [2.45, 2.75) is 3.79 Å². The molecule has 1 aromatic carbocycles. The van der Waals surface area contributed by atoms with Crippen molar-refractivity contribution in [2.75, 3.05) is 0 Å².